The van der Waals surface area contributed by atoms with Crippen molar-refractivity contribution in [2.24, 2.45) is 0 Å². The average Bonchev–Trinajstić information content (AvgIpc) is 3.39. The molecule has 2 aromatic carbocycles. The third kappa shape index (κ3) is 4.80. The van der Waals surface area contributed by atoms with E-state index in [0.717, 1.165) is 42.4 Å². The summed E-state index contributed by atoms with van der Waals surface area (Å²) in [6, 6.07) is 18.5. The number of nitrogens with one attached hydrogen (secondary N) is 1. The van der Waals surface area contributed by atoms with Gasteiger partial charge in [-0.05, 0) is 57.5 Å². The van der Waals surface area contributed by atoms with E-state index in [2.05, 4.69) is 44.5 Å². The Morgan fingerprint density at radius 1 is 1.03 bits per heavy atom. The maximum absolute atomic E-state index is 12.8. The fourth-order valence-electron chi connectivity index (χ4n) is 4.33. The summed E-state index contributed by atoms with van der Waals surface area (Å²) in [5, 5.41) is 7.70. The number of para-hydroxylation sites is 2. The Morgan fingerprint density at radius 2 is 1.71 bits per heavy atom. The number of aromatic nitrogens is 2. The number of carbonyl (C=O) groups is 1. The molecule has 0 bridgehead atoms. The first-order chi connectivity index (χ1) is 15.0. The zero-order valence-corrected chi connectivity index (χ0v) is 18.6. The second-order valence-electron chi connectivity index (χ2n) is 8.34. The van der Waals surface area contributed by atoms with Gasteiger partial charge >= 0.3 is 0 Å². The number of nitrogens with zero attached hydrogens (tertiary/aromatic N) is 4. The summed E-state index contributed by atoms with van der Waals surface area (Å²) in [6.45, 7) is 7.21. The van der Waals surface area contributed by atoms with Gasteiger partial charge in [0.05, 0.1) is 29.3 Å². The van der Waals surface area contributed by atoms with Gasteiger partial charge in [-0.15, -0.1) is 0 Å². The predicted molar refractivity (Wildman–Crippen MR) is 126 cm³/mol. The van der Waals surface area contributed by atoms with Crippen molar-refractivity contribution < 1.29 is 4.79 Å². The van der Waals surface area contributed by atoms with E-state index in [4.69, 9.17) is 0 Å². The summed E-state index contributed by atoms with van der Waals surface area (Å²) in [7, 11) is 1.99. The molecule has 0 atom stereocenters. The van der Waals surface area contributed by atoms with Crippen molar-refractivity contribution in [3.63, 3.8) is 0 Å². The van der Waals surface area contributed by atoms with Crippen LogP contribution in [0.15, 0.2) is 54.6 Å². The SMILES string of the molecule is Cc1nn(-c2ccccc2)c(C)c1NC(=O)CN(C)Cc1ccccc1N1CCCC1. The summed E-state index contributed by atoms with van der Waals surface area (Å²) < 4.78 is 1.88. The molecule has 3 aromatic rings. The van der Waals surface area contributed by atoms with Crippen molar-refractivity contribution in [2.75, 3.05) is 36.9 Å². The van der Waals surface area contributed by atoms with Crippen LogP contribution in [0.3, 0.4) is 0 Å². The molecule has 31 heavy (non-hydrogen) atoms. The third-order valence-electron chi connectivity index (χ3n) is 5.85. The van der Waals surface area contributed by atoms with Crippen molar-refractivity contribution in [1.82, 2.24) is 14.7 Å². The number of hydrogen-bond donors (Lipinski definition) is 1. The lowest BCUT2D eigenvalue weighted by Gasteiger charge is -2.24. The van der Waals surface area contributed by atoms with E-state index >= 15 is 0 Å². The lowest BCUT2D eigenvalue weighted by Crippen LogP contribution is -2.31. The third-order valence-corrected chi connectivity index (χ3v) is 5.85. The number of rotatable bonds is 7. The molecular weight excluding hydrogens is 386 g/mol. The molecule has 0 aliphatic carbocycles. The van der Waals surface area contributed by atoms with Crippen LogP contribution in [0.2, 0.25) is 0 Å². The summed E-state index contributed by atoms with van der Waals surface area (Å²) in [5.41, 5.74) is 6.09. The average molecular weight is 418 g/mol. The second-order valence-corrected chi connectivity index (χ2v) is 8.34. The Bertz CT molecular complexity index is 1040. The molecule has 0 radical (unpaired) electrons. The van der Waals surface area contributed by atoms with Crippen LogP contribution >= 0.6 is 0 Å². The van der Waals surface area contributed by atoms with Crippen LogP contribution in [0.4, 0.5) is 11.4 Å². The van der Waals surface area contributed by atoms with Crippen LogP contribution in [0.25, 0.3) is 5.69 Å². The first kappa shape index (κ1) is 21.1. The summed E-state index contributed by atoms with van der Waals surface area (Å²) in [5.74, 6) is -0.0278. The molecule has 162 valence electrons. The van der Waals surface area contributed by atoms with Gasteiger partial charge in [-0.3, -0.25) is 9.69 Å². The molecule has 1 saturated heterocycles. The minimum absolute atomic E-state index is 0.0278. The van der Waals surface area contributed by atoms with E-state index in [1.54, 1.807) is 0 Å². The normalized spacial score (nSPS) is 13.7. The monoisotopic (exact) mass is 417 g/mol. The van der Waals surface area contributed by atoms with Crippen LogP contribution in [0.1, 0.15) is 29.8 Å². The van der Waals surface area contributed by atoms with Crippen molar-refractivity contribution in [2.45, 2.75) is 33.2 Å². The van der Waals surface area contributed by atoms with Crippen molar-refractivity contribution in [3.8, 4) is 5.69 Å². The van der Waals surface area contributed by atoms with Crippen LogP contribution in [-0.4, -0.2) is 47.3 Å². The number of carbonyl (C=O) groups excluding carboxylic acids is 1. The zero-order chi connectivity index (χ0) is 21.8. The Balaban J connectivity index is 1.41. The largest absolute Gasteiger partial charge is 0.371 e. The van der Waals surface area contributed by atoms with Crippen molar-refractivity contribution in [3.05, 3.63) is 71.5 Å². The van der Waals surface area contributed by atoms with Gasteiger partial charge in [0.25, 0.3) is 0 Å². The summed E-state index contributed by atoms with van der Waals surface area (Å²) >= 11 is 0. The van der Waals surface area contributed by atoms with Gasteiger partial charge in [-0.1, -0.05) is 36.4 Å². The molecule has 1 aromatic heterocycles. The number of aryl methyl sites for hydroxylation is 1. The van der Waals surface area contributed by atoms with Crippen molar-refractivity contribution in [1.29, 1.82) is 0 Å². The van der Waals surface area contributed by atoms with E-state index in [0.29, 0.717) is 6.54 Å². The maximum atomic E-state index is 12.8. The predicted octanol–water partition coefficient (Wildman–Crippen LogP) is 4.16. The van der Waals surface area contributed by atoms with Crippen LogP contribution < -0.4 is 10.2 Å². The molecule has 0 unspecified atom stereocenters. The molecule has 1 N–H and O–H groups in total. The minimum atomic E-state index is -0.0278. The van der Waals surface area contributed by atoms with E-state index in [-0.39, 0.29) is 5.91 Å². The number of benzene rings is 2. The smallest absolute Gasteiger partial charge is 0.238 e. The number of amides is 1. The lowest BCUT2D eigenvalue weighted by atomic mass is 10.1. The Hall–Kier alpha value is -3.12. The zero-order valence-electron chi connectivity index (χ0n) is 18.6. The van der Waals surface area contributed by atoms with Gasteiger partial charge in [0.1, 0.15) is 0 Å². The van der Waals surface area contributed by atoms with Gasteiger partial charge < -0.3 is 10.2 Å². The number of likely N-dealkylation sites (N-methyl/N-ethyl adjacent to an activating group) is 1. The molecule has 6 heteroatoms. The van der Waals surface area contributed by atoms with Gasteiger partial charge in [-0.25, -0.2) is 4.68 Å². The van der Waals surface area contributed by atoms with Crippen LogP contribution in [0.5, 0.6) is 0 Å². The molecule has 1 aliphatic rings. The molecule has 1 aliphatic heterocycles. The molecule has 0 spiro atoms. The van der Waals surface area contributed by atoms with Gasteiger partial charge in [0, 0.05) is 25.3 Å². The Kier molecular flexibility index (Phi) is 6.37. The van der Waals surface area contributed by atoms with E-state index in [1.807, 2.05) is 55.9 Å². The number of hydrogen-bond acceptors (Lipinski definition) is 4. The summed E-state index contributed by atoms with van der Waals surface area (Å²) in [6.07, 6.45) is 2.50. The van der Waals surface area contributed by atoms with E-state index < -0.39 is 0 Å². The van der Waals surface area contributed by atoms with Gasteiger partial charge in [0.2, 0.25) is 5.91 Å². The van der Waals surface area contributed by atoms with Crippen LogP contribution in [0, 0.1) is 13.8 Å². The highest BCUT2D eigenvalue weighted by molar-refractivity contribution is 5.93. The lowest BCUT2D eigenvalue weighted by molar-refractivity contribution is -0.117. The van der Waals surface area contributed by atoms with Crippen LogP contribution in [-0.2, 0) is 11.3 Å². The fraction of sp³-hybridized carbons (Fsp3) is 0.360. The topological polar surface area (TPSA) is 53.4 Å². The highest BCUT2D eigenvalue weighted by atomic mass is 16.2. The second kappa shape index (κ2) is 9.35. The van der Waals surface area contributed by atoms with Gasteiger partial charge in [-0.2, -0.15) is 5.10 Å². The Labute approximate surface area is 184 Å². The summed E-state index contributed by atoms with van der Waals surface area (Å²) in [4.78, 5) is 17.3. The highest BCUT2D eigenvalue weighted by Crippen LogP contribution is 2.26. The quantitative estimate of drug-likeness (QED) is 0.627. The standard InChI is InChI=1S/C25H31N5O/c1-19-25(20(2)30(27-19)22-12-5-4-6-13-22)26-24(31)18-28(3)17-21-11-7-8-14-23(21)29-15-9-10-16-29/h4-8,11-14H,9-10,15-18H2,1-3H3,(H,26,31). The molecule has 0 saturated carbocycles. The first-order valence-electron chi connectivity index (χ1n) is 11.0. The molecule has 1 fully saturated rings. The minimum Gasteiger partial charge on any atom is -0.371 e. The molecular formula is C25H31N5O. The first-order valence-corrected chi connectivity index (χ1v) is 11.0. The van der Waals surface area contributed by atoms with E-state index in [9.17, 15) is 4.79 Å². The molecule has 6 nitrogen and oxygen atoms in total. The maximum Gasteiger partial charge on any atom is 0.238 e. The fourth-order valence-corrected chi connectivity index (χ4v) is 4.33. The highest BCUT2D eigenvalue weighted by Gasteiger charge is 2.18. The van der Waals surface area contributed by atoms with Crippen molar-refractivity contribution >= 4 is 17.3 Å². The molecule has 2 heterocycles. The van der Waals surface area contributed by atoms with Gasteiger partial charge in [0.15, 0.2) is 0 Å². The molecule has 4 rings (SSSR count). The number of anilines is 2. The Morgan fingerprint density at radius 3 is 2.45 bits per heavy atom. The molecule has 1 amide bonds. The van der Waals surface area contributed by atoms with E-state index in [1.165, 1.54) is 24.1 Å².